The maximum absolute atomic E-state index is 12.8. The number of rotatable bonds is 4. The first-order chi connectivity index (χ1) is 14.3. The average molecular weight is 458 g/mol. The zero-order chi connectivity index (χ0) is 21.4. The number of aryl methyl sites for hydroxylation is 2. The number of hydrogen-bond donors (Lipinski definition) is 0. The predicted octanol–water partition coefficient (Wildman–Crippen LogP) is 7.11. The lowest BCUT2D eigenvalue weighted by atomic mass is 10.1. The summed E-state index contributed by atoms with van der Waals surface area (Å²) >= 11 is 13.1. The first kappa shape index (κ1) is 20.8. The molecule has 1 saturated heterocycles. The summed E-state index contributed by atoms with van der Waals surface area (Å²) in [5.74, 6) is 0.693. The molecule has 4 nitrogen and oxygen atoms in total. The maximum Gasteiger partial charge on any atom is 0.293 e. The number of halogens is 2. The molecule has 1 aliphatic rings. The van der Waals surface area contributed by atoms with Crippen molar-refractivity contribution >= 4 is 52.2 Å². The van der Waals surface area contributed by atoms with Gasteiger partial charge in [0.15, 0.2) is 0 Å². The molecule has 0 atom stereocenters. The van der Waals surface area contributed by atoms with Crippen molar-refractivity contribution in [2.75, 3.05) is 0 Å². The van der Waals surface area contributed by atoms with Crippen LogP contribution in [0.2, 0.25) is 10.0 Å². The summed E-state index contributed by atoms with van der Waals surface area (Å²) in [6, 6.07) is 14.6. The molecule has 152 valence electrons. The SMILES string of the molecule is Cc1ccc(CN2C(=O)S/C(=C/c3ccc(-c4ccc(Cl)cc4Cl)o3)C2=O)c(C)c1. The molecule has 0 radical (unpaired) electrons. The number of thioether (sulfide) groups is 1. The van der Waals surface area contributed by atoms with E-state index in [9.17, 15) is 9.59 Å². The Morgan fingerprint density at radius 2 is 1.83 bits per heavy atom. The largest absolute Gasteiger partial charge is 0.457 e. The lowest BCUT2D eigenvalue weighted by Gasteiger charge is -2.14. The van der Waals surface area contributed by atoms with Gasteiger partial charge in [-0.15, -0.1) is 0 Å². The minimum Gasteiger partial charge on any atom is -0.457 e. The molecule has 3 aromatic rings. The maximum atomic E-state index is 12.8. The Balaban J connectivity index is 1.56. The topological polar surface area (TPSA) is 50.5 Å². The molecule has 2 amide bonds. The van der Waals surface area contributed by atoms with Gasteiger partial charge in [-0.1, -0.05) is 47.0 Å². The summed E-state index contributed by atoms with van der Waals surface area (Å²) in [7, 11) is 0. The molecule has 0 saturated carbocycles. The van der Waals surface area contributed by atoms with Gasteiger partial charge in [-0.25, -0.2) is 0 Å². The minimum absolute atomic E-state index is 0.248. The van der Waals surface area contributed by atoms with Crippen LogP contribution in [0.15, 0.2) is 57.9 Å². The van der Waals surface area contributed by atoms with Crippen LogP contribution >= 0.6 is 35.0 Å². The molecular formula is C23H17Cl2NO3S. The first-order valence-corrected chi connectivity index (χ1v) is 10.8. The van der Waals surface area contributed by atoms with Gasteiger partial charge in [-0.2, -0.15) is 0 Å². The molecular weight excluding hydrogens is 441 g/mol. The smallest absolute Gasteiger partial charge is 0.293 e. The molecule has 1 aliphatic heterocycles. The second kappa shape index (κ2) is 8.34. The Labute approximate surface area is 188 Å². The van der Waals surface area contributed by atoms with E-state index >= 15 is 0 Å². The summed E-state index contributed by atoms with van der Waals surface area (Å²) < 4.78 is 5.82. The van der Waals surface area contributed by atoms with Crippen LogP contribution in [-0.2, 0) is 11.3 Å². The standard InChI is InChI=1S/C23H17Cl2NO3S/c1-13-3-4-15(14(2)9-13)12-26-22(27)21(30-23(26)28)11-17-6-8-20(29-17)18-7-5-16(24)10-19(18)25/h3-11H,12H2,1-2H3/b21-11+. The highest BCUT2D eigenvalue weighted by molar-refractivity contribution is 8.18. The van der Waals surface area contributed by atoms with Crippen LogP contribution in [0.3, 0.4) is 0 Å². The Hall–Kier alpha value is -2.47. The van der Waals surface area contributed by atoms with E-state index in [2.05, 4.69) is 0 Å². The van der Waals surface area contributed by atoms with E-state index < -0.39 is 0 Å². The molecule has 0 N–H and O–H groups in total. The van der Waals surface area contributed by atoms with Gasteiger partial charge in [-0.05, 0) is 67.1 Å². The van der Waals surface area contributed by atoms with Crippen LogP contribution in [0.5, 0.6) is 0 Å². The van der Waals surface area contributed by atoms with Crippen molar-refractivity contribution in [2.45, 2.75) is 20.4 Å². The Morgan fingerprint density at radius 1 is 1.03 bits per heavy atom. The van der Waals surface area contributed by atoms with Crippen molar-refractivity contribution in [3.63, 3.8) is 0 Å². The lowest BCUT2D eigenvalue weighted by Crippen LogP contribution is -2.27. The molecule has 1 aromatic heterocycles. The summed E-state index contributed by atoms with van der Waals surface area (Å²) in [5, 5.41) is 0.712. The van der Waals surface area contributed by atoms with Gasteiger partial charge in [0.1, 0.15) is 11.5 Å². The van der Waals surface area contributed by atoms with E-state index in [0.717, 1.165) is 28.5 Å². The highest BCUT2D eigenvalue weighted by Crippen LogP contribution is 2.36. The summed E-state index contributed by atoms with van der Waals surface area (Å²) in [6.45, 7) is 4.23. The minimum atomic E-state index is -0.326. The van der Waals surface area contributed by atoms with Crippen LogP contribution in [-0.4, -0.2) is 16.0 Å². The van der Waals surface area contributed by atoms with Crippen LogP contribution in [0.1, 0.15) is 22.5 Å². The van der Waals surface area contributed by atoms with Crippen LogP contribution in [0.25, 0.3) is 17.4 Å². The second-order valence-corrected chi connectivity index (χ2v) is 8.86. The van der Waals surface area contributed by atoms with E-state index in [4.69, 9.17) is 27.6 Å². The number of furan rings is 1. The Kier molecular flexibility index (Phi) is 5.78. The average Bonchev–Trinajstić information content (AvgIpc) is 3.24. The highest BCUT2D eigenvalue weighted by Gasteiger charge is 2.35. The van der Waals surface area contributed by atoms with E-state index in [1.54, 1.807) is 36.4 Å². The molecule has 7 heteroatoms. The van der Waals surface area contributed by atoms with E-state index in [-0.39, 0.29) is 17.7 Å². The van der Waals surface area contributed by atoms with Crippen molar-refractivity contribution in [1.82, 2.24) is 4.90 Å². The van der Waals surface area contributed by atoms with Crippen molar-refractivity contribution in [3.05, 3.63) is 85.9 Å². The molecule has 0 bridgehead atoms. The van der Waals surface area contributed by atoms with Gasteiger partial charge in [0, 0.05) is 16.7 Å². The van der Waals surface area contributed by atoms with Gasteiger partial charge in [0.05, 0.1) is 16.5 Å². The van der Waals surface area contributed by atoms with Gasteiger partial charge < -0.3 is 4.42 Å². The number of hydrogen-bond acceptors (Lipinski definition) is 4. The third-order valence-electron chi connectivity index (χ3n) is 4.80. The number of imide groups is 1. The summed E-state index contributed by atoms with van der Waals surface area (Å²) in [4.78, 5) is 26.8. The monoisotopic (exact) mass is 457 g/mol. The number of carbonyl (C=O) groups excluding carboxylic acids is 2. The number of amides is 2. The quantitative estimate of drug-likeness (QED) is 0.391. The van der Waals surface area contributed by atoms with Gasteiger partial charge in [0.2, 0.25) is 0 Å². The fourth-order valence-corrected chi connectivity index (χ4v) is 4.54. The van der Waals surface area contributed by atoms with Crippen molar-refractivity contribution < 1.29 is 14.0 Å². The third-order valence-corrected chi connectivity index (χ3v) is 6.25. The normalized spacial score (nSPS) is 15.5. The first-order valence-electron chi connectivity index (χ1n) is 9.18. The van der Waals surface area contributed by atoms with Crippen molar-refractivity contribution in [3.8, 4) is 11.3 Å². The summed E-state index contributed by atoms with van der Waals surface area (Å²) in [6.07, 6.45) is 1.58. The predicted molar refractivity (Wildman–Crippen MR) is 122 cm³/mol. The molecule has 1 fully saturated rings. The van der Waals surface area contributed by atoms with E-state index in [1.165, 1.54) is 4.90 Å². The Morgan fingerprint density at radius 3 is 2.57 bits per heavy atom. The second-order valence-electron chi connectivity index (χ2n) is 7.02. The van der Waals surface area contributed by atoms with Crippen molar-refractivity contribution in [1.29, 1.82) is 0 Å². The van der Waals surface area contributed by atoms with Gasteiger partial charge in [-0.3, -0.25) is 14.5 Å². The molecule has 0 aliphatic carbocycles. The van der Waals surface area contributed by atoms with Gasteiger partial charge in [0.25, 0.3) is 11.1 Å². The lowest BCUT2D eigenvalue weighted by molar-refractivity contribution is -0.123. The number of carbonyl (C=O) groups is 2. The van der Waals surface area contributed by atoms with E-state index in [1.807, 2.05) is 32.0 Å². The molecule has 2 heterocycles. The van der Waals surface area contributed by atoms with Crippen LogP contribution in [0.4, 0.5) is 4.79 Å². The zero-order valence-corrected chi connectivity index (χ0v) is 18.6. The third kappa shape index (κ3) is 4.19. The molecule has 0 unspecified atom stereocenters. The van der Waals surface area contributed by atoms with Gasteiger partial charge >= 0.3 is 0 Å². The molecule has 2 aromatic carbocycles. The number of benzene rings is 2. The fourth-order valence-electron chi connectivity index (χ4n) is 3.22. The fraction of sp³-hybridized carbons (Fsp3) is 0.130. The molecule has 30 heavy (non-hydrogen) atoms. The van der Waals surface area contributed by atoms with Crippen molar-refractivity contribution in [2.24, 2.45) is 0 Å². The van der Waals surface area contributed by atoms with E-state index in [0.29, 0.717) is 32.0 Å². The molecule has 4 rings (SSSR count). The Bertz CT molecular complexity index is 1200. The number of nitrogens with zero attached hydrogens (tertiary/aromatic N) is 1. The van der Waals surface area contributed by atoms with Crippen LogP contribution in [0, 0.1) is 13.8 Å². The zero-order valence-electron chi connectivity index (χ0n) is 16.2. The molecule has 0 spiro atoms. The summed E-state index contributed by atoms with van der Waals surface area (Å²) in [5.41, 5.74) is 3.83. The highest BCUT2D eigenvalue weighted by atomic mass is 35.5. The van der Waals surface area contributed by atoms with Crippen LogP contribution < -0.4 is 0 Å².